The van der Waals surface area contributed by atoms with Crippen LogP contribution >= 0.6 is 18.9 Å². The molecular formula is C26H22F2NO6PS. The summed E-state index contributed by atoms with van der Waals surface area (Å²) >= 11 is 0.931. The minimum atomic E-state index is -5.16. The van der Waals surface area contributed by atoms with E-state index in [-0.39, 0.29) is 22.6 Å². The van der Waals surface area contributed by atoms with E-state index < -0.39 is 36.7 Å². The molecule has 11 heteroatoms. The zero-order chi connectivity index (χ0) is 26.6. The van der Waals surface area contributed by atoms with Crippen LogP contribution in [-0.2, 0) is 26.4 Å². The van der Waals surface area contributed by atoms with Crippen molar-refractivity contribution in [2.75, 3.05) is 0 Å². The summed E-state index contributed by atoms with van der Waals surface area (Å²) in [4.78, 5) is 23.9. The first-order valence-corrected chi connectivity index (χ1v) is 13.5. The predicted molar refractivity (Wildman–Crippen MR) is 136 cm³/mol. The Bertz CT molecular complexity index is 1460. The van der Waals surface area contributed by atoms with Crippen LogP contribution in [0.3, 0.4) is 0 Å². The summed E-state index contributed by atoms with van der Waals surface area (Å²) in [6, 6.07) is 19.5. The molecule has 0 radical (unpaired) electrons. The zero-order valence-electron chi connectivity index (χ0n) is 19.5. The van der Waals surface area contributed by atoms with Gasteiger partial charge in [0.15, 0.2) is 0 Å². The molecule has 0 bridgehead atoms. The maximum Gasteiger partial charge on any atom is 0.390 e. The Labute approximate surface area is 215 Å². The lowest BCUT2D eigenvalue weighted by Gasteiger charge is -2.30. The fourth-order valence-electron chi connectivity index (χ4n) is 3.46. The van der Waals surface area contributed by atoms with Gasteiger partial charge in [-0.25, -0.2) is 9.88 Å². The third kappa shape index (κ3) is 5.88. The van der Waals surface area contributed by atoms with Crippen LogP contribution in [0.25, 0.3) is 10.1 Å². The number of nitrogens with one attached hydrogen (secondary N) is 1. The number of rotatable bonds is 10. The molecule has 2 atom stereocenters. The molecule has 2 unspecified atom stereocenters. The van der Waals surface area contributed by atoms with Gasteiger partial charge in [-0.1, -0.05) is 54.6 Å². The standard InChI is InChI=1S/C26H22F2NO6PS/c1-17(25(32)34-16-18-8-4-2-5-9-18)29-36(33,35-21-10-6-3-7-11-21)26(27,28)20-12-13-22-19(14-20)15-23(37-22)24(30)31/h2-15,17H,16H2,1H3,(H,29,33)(H,30,31). The highest BCUT2D eigenvalue weighted by atomic mass is 32.1. The van der Waals surface area contributed by atoms with Gasteiger partial charge in [0.1, 0.15) is 23.3 Å². The van der Waals surface area contributed by atoms with Gasteiger partial charge in [0, 0.05) is 10.3 Å². The second-order valence-corrected chi connectivity index (χ2v) is 11.3. The summed E-state index contributed by atoms with van der Waals surface area (Å²) in [5.41, 5.74) is -4.07. The van der Waals surface area contributed by atoms with Crippen molar-refractivity contribution >= 4 is 40.9 Å². The molecule has 0 aliphatic carbocycles. The fourth-order valence-corrected chi connectivity index (χ4v) is 6.19. The van der Waals surface area contributed by atoms with Crippen LogP contribution in [-0.4, -0.2) is 23.1 Å². The maximum atomic E-state index is 15.9. The average molecular weight is 546 g/mol. The molecule has 0 spiro atoms. The summed E-state index contributed by atoms with van der Waals surface area (Å²) in [5.74, 6) is -2.17. The molecule has 7 nitrogen and oxygen atoms in total. The number of carbonyl (C=O) groups excluding carboxylic acids is 1. The second-order valence-electron chi connectivity index (χ2n) is 8.11. The van der Waals surface area contributed by atoms with Crippen LogP contribution in [0.5, 0.6) is 5.75 Å². The number of aromatic carboxylic acids is 1. The Hall–Kier alpha value is -3.59. The Morgan fingerprint density at radius 2 is 1.68 bits per heavy atom. The van der Waals surface area contributed by atoms with Crippen LogP contribution in [0.2, 0.25) is 0 Å². The molecule has 0 saturated carbocycles. The van der Waals surface area contributed by atoms with Crippen LogP contribution < -0.4 is 9.61 Å². The number of para-hydroxylation sites is 1. The molecule has 37 heavy (non-hydrogen) atoms. The SMILES string of the molecule is CC(NP(=O)(Oc1ccccc1)C(F)(F)c1ccc2sc(C(=O)O)cc2c1)C(=O)OCc1ccccc1. The number of hydrogen-bond donors (Lipinski definition) is 2. The lowest BCUT2D eigenvalue weighted by Crippen LogP contribution is -2.38. The van der Waals surface area contributed by atoms with E-state index >= 15 is 8.78 Å². The van der Waals surface area contributed by atoms with Gasteiger partial charge in [0.25, 0.3) is 0 Å². The van der Waals surface area contributed by atoms with E-state index in [2.05, 4.69) is 5.09 Å². The third-order valence-corrected chi connectivity index (χ3v) is 8.66. The minimum Gasteiger partial charge on any atom is -0.477 e. The van der Waals surface area contributed by atoms with Crippen molar-refractivity contribution in [2.45, 2.75) is 25.2 Å². The highest BCUT2D eigenvalue weighted by molar-refractivity contribution is 7.58. The Balaban J connectivity index is 1.64. The van der Waals surface area contributed by atoms with Crippen molar-refractivity contribution in [1.29, 1.82) is 0 Å². The van der Waals surface area contributed by atoms with E-state index in [1.807, 2.05) is 0 Å². The van der Waals surface area contributed by atoms with Crippen molar-refractivity contribution in [1.82, 2.24) is 5.09 Å². The van der Waals surface area contributed by atoms with E-state index in [0.29, 0.717) is 10.3 Å². The molecule has 1 aromatic heterocycles. The highest BCUT2D eigenvalue weighted by Gasteiger charge is 2.56. The molecule has 0 aliphatic heterocycles. The normalized spacial score (nSPS) is 14.0. The van der Waals surface area contributed by atoms with E-state index in [1.165, 1.54) is 43.3 Å². The van der Waals surface area contributed by atoms with Crippen LogP contribution in [0.1, 0.15) is 27.7 Å². The zero-order valence-corrected chi connectivity index (χ0v) is 21.2. The van der Waals surface area contributed by atoms with Gasteiger partial charge in [0.05, 0.1) is 0 Å². The van der Waals surface area contributed by atoms with E-state index in [9.17, 15) is 19.3 Å². The van der Waals surface area contributed by atoms with Gasteiger partial charge in [-0.2, -0.15) is 8.78 Å². The summed E-state index contributed by atoms with van der Waals surface area (Å²) in [6.07, 6.45) is 0. The maximum absolute atomic E-state index is 15.9. The number of halogens is 2. The molecule has 192 valence electrons. The van der Waals surface area contributed by atoms with Crippen molar-refractivity contribution in [2.24, 2.45) is 0 Å². The lowest BCUT2D eigenvalue weighted by atomic mass is 10.1. The number of esters is 1. The molecule has 2 N–H and O–H groups in total. The van der Waals surface area contributed by atoms with Gasteiger partial charge in [-0.3, -0.25) is 9.36 Å². The first-order valence-electron chi connectivity index (χ1n) is 11.1. The van der Waals surface area contributed by atoms with Gasteiger partial charge >= 0.3 is 25.1 Å². The highest BCUT2D eigenvalue weighted by Crippen LogP contribution is 2.63. The first-order chi connectivity index (χ1) is 17.6. The summed E-state index contributed by atoms with van der Waals surface area (Å²) in [6.45, 7) is 1.16. The van der Waals surface area contributed by atoms with Gasteiger partial charge in [0.2, 0.25) is 0 Å². The van der Waals surface area contributed by atoms with E-state index in [1.54, 1.807) is 36.4 Å². The number of hydrogen-bond acceptors (Lipinski definition) is 6. The third-order valence-electron chi connectivity index (χ3n) is 5.36. The van der Waals surface area contributed by atoms with E-state index in [4.69, 9.17) is 9.26 Å². The summed E-state index contributed by atoms with van der Waals surface area (Å²) < 4.78 is 56.8. The Kier molecular flexibility index (Phi) is 7.73. The Morgan fingerprint density at radius 1 is 1.03 bits per heavy atom. The van der Waals surface area contributed by atoms with Crippen LogP contribution in [0.4, 0.5) is 8.78 Å². The number of thiophene rings is 1. The molecule has 0 aliphatic rings. The number of carboxylic acids is 1. The topological polar surface area (TPSA) is 102 Å². The van der Waals surface area contributed by atoms with Crippen molar-refractivity contribution in [3.05, 3.63) is 101 Å². The number of ether oxygens (including phenoxy) is 1. The quantitative estimate of drug-likeness (QED) is 0.170. The average Bonchev–Trinajstić information content (AvgIpc) is 3.32. The monoisotopic (exact) mass is 545 g/mol. The predicted octanol–water partition coefficient (Wildman–Crippen LogP) is 6.64. The summed E-state index contributed by atoms with van der Waals surface area (Å²) in [5, 5.41) is 11.7. The molecule has 0 saturated heterocycles. The van der Waals surface area contributed by atoms with Crippen molar-refractivity contribution in [3.63, 3.8) is 0 Å². The largest absolute Gasteiger partial charge is 0.477 e. The number of alkyl halides is 2. The molecule has 1 heterocycles. The number of benzene rings is 3. The van der Waals surface area contributed by atoms with Crippen molar-refractivity contribution < 1.29 is 37.3 Å². The molecule has 4 rings (SSSR count). The van der Waals surface area contributed by atoms with Gasteiger partial charge < -0.3 is 14.4 Å². The van der Waals surface area contributed by atoms with Crippen molar-refractivity contribution in [3.8, 4) is 5.75 Å². The molecule has 0 fully saturated rings. The summed E-state index contributed by atoms with van der Waals surface area (Å²) in [7, 11) is -5.16. The minimum absolute atomic E-state index is 0.0212. The number of fused-ring (bicyclic) bond motifs is 1. The smallest absolute Gasteiger partial charge is 0.390 e. The fraction of sp³-hybridized carbons (Fsp3) is 0.154. The Morgan fingerprint density at radius 3 is 2.32 bits per heavy atom. The molecule has 0 amide bonds. The number of carbonyl (C=O) groups is 2. The number of carboxylic acid groups (broad SMARTS) is 1. The first kappa shape index (κ1) is 26.5. The van der Waals surface area contributed by atoms with E-state index in [0.717, 1.165) is 23.5 Å². The molecule has 4 aromatic rings. The molecular weight excluding hydrogens is 523 g/mol. The van der Waals surface area contributed by atoms with Gasteiger partial charge in [-0.05, 0) is 48.2 Å². The van der Waals surface area contributed by atoms with Gasteiger partial charge in [-0.15, -0.1) is 11.3 Å². The van der Waals surface area contributed by atoms with Crippen LogP contribution in [0.15, 0.2) is 84.9 Å². The lowest BCUT2D eigenvalue weighted by molar-refractivity contribution is -0.146. The second kappa shape index (κ2) is 10.8. The van der Waals surface area contributed by atoms with Crippen LogP contribution in [0, 0.1) is 0 Å². The molecule has 3 aromatic carbocycles.